The Morgan fingerprint density at radius 2 is 1.96 bits per heavy atom. The van der Waals surface area contributed by atoms with E-state index in [1.807, 2.05) is 0 Å². The molecule has 0 amide bonds. The highest BCUT2D eigenvalue weighted by Crippen LogP contribution is 2.10. The van der Waals surface area contributed by atoms with E-state index in [9.17, 15) is 20.0 Å². The number of aliphatic hydroxyl groups is 1. The summed E-state index contributed by atoms with van der Waals surface area (Å²) in [5.41, 5.74) is 0.264. The van der Waals surface area contributed by atoms with E-state index in [1.54, 1.807) is 24.3 Å². The van der Waals surface area contributed by atoms with Gasteiger partial charge in [0.05, 0.1) is 37.0 Å². The fourth-order valence-corrected chi connectivity index (χ4v) is 2.07. The molecule has 1 aromatic heterocycles. The standard InChI is InChI=1S/C15H15ClN2O5/c16-12-3-1-11(2-4-12)9-23-10-14(19)8-17-7-13(18(21)22)5-6-15(17)20/h1-7,14,19H,8-10H2. The average Bonchev–Trinajstić information content (AvgIpc) is 2.51. The van der Waals surface area contributed by atoms with Crippen LogP contribution >= 0.6 is 11.6 Å². The largest absolute Gasteiger partial charge is 0.389 e. The van der Waals surface area contributed by atoms with Gasteiger partial charge in [-0.05, 0) is 17.7 Å². The lowest BCUT2D eigenvalue weighted by Crippen LogP contribution is -2.28. The summed E-state index contributed by atoms with van der Waals surface area (Å²) in [6, 6.07) is 9.31. The first-order valence-electron chi connectivity index (χ1n) is 6.81. The number of nitrogens with zero attached hydrogens (tertiary/aromatic N) is 2. The van der Waals surface area contributed by atoms with E-state index < -0.39 is 16.6 Å². The molecule has 0 radical (unpaired) electrons. The monoisotopic (exact) mass is 338 g/mol. The Morgan fingerprint density at radius 3 is 2.61 bits per heavy atom. The summed E-state index contributed by atoms with van der Waals surface area (Å²) in [6.45, 7) is 0.205. The molecule has 0 aliphatic heterocycles. The van der Waals surface area contributed by atoms with Crippen LogP contribution in [-0.2, 0) is 17.9 Å². The summed E-state index contributed by atoms with van der Waals surface area (Å²) in [7, 11) is 0. The predicted molar refractivity (Wildman–Crippen MR) is 84.5 cm³/mol. The first-order chi connectivity index (χ1) is 11.0. The van der Waals surface area contributed by atoms with Crippen molar-refractivity contribution in [3.8, 4) is 0 Å². The van der Waals surface area contributed by atoms with Crippen LogP contribution in [0.4, 0.5) is 5.69 Å². The maximum Gasteiger partial charge on any atom is 0.285 e. The third-order valence-electron chi connectivity index (χ3n) is 3.08. The first kappa shape index (κ1) is 17.1. The number of benzene rings is 1. The Labute approximate surface area is 136 Å². The van der Waals surface area contributed by atoms with E-state index in [1.165, 1.54) is 0 Å². The predicted octanol–water partition coefficient (Wildman–Crippen LogP) is 1.99. The van der Waals surface area contributed by atoms with Crippen LogP contribution in [0.3, 0.4) is 0 Å². The van der Waals surface area contributed by atoms with Crippen LogP contribution in [0, 0.1) is 10.1 Å². The van der Waals surface area contributed by atoms with Crippen molar-refractivity contribution in [1.29, 1.82) is 0 Å². The van der Waals surface area contributed by atoms with Crippen molar-refractivity contribution in [3.05, 3.63) is 73.6 Å². The number of hydrogen-bond acceptors (Lipinski definition) is 5. The zero-order chi connectivity index (χ0) is 16.8. The van der Waals surface area contributed by atoms with Crippen LogP contribution in [0.5, 0.6) is 0 Å². The highest BCUT2D eigenvalue weighted by molar-refractivity contribution is 6.30. The number of aliphatic hydroxyl groups excluding tert-OH is 1. The maximum absolute atomic E-state index is 11.6. The molecule has 1 aromatic carbocycles. The normalized spacial score (nSPS) is 12.1. The molecule has 23 heavy (non-hydrogen) atoms. The number of pyridine rings is 1. The molecule has 2 rings (SSSR count). The minimum Gasteiger partial charge on any atom is -0.389 e. The van der Waals surface area contributed by atoms with E-state index in [0.717, 1.165) is 28.5 Å². The lowest BCUT2D eigenvalue weighted by atomic mass is 10.2. The van der Waals surface area contributed by atoms with Crippen LogP contribution in [0.1, 0.15) is 5.56 Å². The lowest BCUT2D eigenvalue weighted by Gasteiger charge is -2.13. The molecular formula is C15H15ClN2O5. The van der Waals surface area contributed by atoms with Gasteiger partial charge < -0.3 is 14.4 Å². The van der Waals surface area contributed by atoms with Gasteiger partial charge in [-0.25, -0.2) is 0 Å². The summed E-state index contributed by atoms with van der Waals surface area (Å²) in [5, 5.41) is 21.2. The number of aromatic nitrogens is 1. The maximum atomic E-state index is 11.6. The Bertz CT molecular complexity index is 729. The van der Waals surface area contributed by atoms with Crippen LogP contribution in [0.15, 0.2) is 47.4 Å². The molecule has 0 saturated carbocycles. The van der Waals surface area contributed by atoms with Gasteiger partial charge in [-0.2, -0.15) is 0 Å². The number of hydrogen-bond donors (Lipinski definition) is 1. The molecule has 0 saturated heterocycles. The van der Waals surface area contributed by atoms with Gasteiger partial charge >= 0.3 is 0 Å². The molecule has 8 heteroatoms. The summed E-state index contributed by atoms with van der Waals surface area (Å²) in [4.78, 5) is 21.7. The summed E-state index contributed by atoms with van der Waals surface area (Å²) in [5.74, 6) is 0. The number of rotatable bonds is 7. The number of ether oxygens (including phenoxy) is 1. The Balaban J connectivity index is 1.88. The van der Waals surface area contributed by atoms with E-state index in [0.29, 0.717) is 5.02 Å². The SMILES string of the molecule is O=c1ccc([N+](=O)[O-])cn1CC(O)COCc1ccc(Cl)cc1. The first-order valence-corrected chi connectivity index (χ1v) is 7.18. The Morgan fingerprint density at radius 1 is 1.26 bits per heavy atom. The van der Waals surface area contributed by atoms with Crippen LogP contribution in [0.2, 0.25) is 5.02 Å². The Hall–Kier alpha value is -2.22. The zero-order valence-corrected chi connectivity index (χ0v) is 12.8. The summed E-state index contributed by atoms with van der Waals surface area (Å²) >= 11 is 5.78. The topological polar surface area (TPSA) is 94.6 Å². The van der Waals surface area contributed by atoms with Gasteiger partial charge in [0, 0.05) is 17.2 Å². The van der Waals surface area contributed by atoms with E-state index in [-0.39, 0.29) is 25.4 Å². The zero-order valence-electron chi connectivity index (χ0n) is 12.1. The van der Waals surface area contributed by atoms with Crippen molar-refractivity contribution >= 4 is 17.3 Å². The van der Waals surface area contributed by atoms with E-state index >= 15 is 0 Å². The van der Waals surface area contributed by atoms with Gasteiger partial charge in [0.25, 0.3) is 11.2 Å². The molecule has 0 bridgehead atoms. The minimum absolute atomic E-state index is 0.00222. The van der Waals surface area contributed by atoms with Crippen LogP contribution in [0.25, 0.3) is 0 Å². The molecule has 1 heterocycles. The number of nitro groups is 1. The van der Waals surface area contributed by atoms with Gasteiger partial charge in [-0.15, -0.1) is 0 Å². The van der Waals surface area contributed by atoms with Crippen molar-refractivity contribution in [1.82, 2.24) is 4.57 Å². The third kappa shape index (κ3) is 5.17. The molecule has 1 atom stereocenters. The fourth-order valence-electron chi connectivity index (χ4n) is 1.94. The van der Waals surface area contributed by atoms with Crippen molar-refractivity contribution in [3.63, 3.8) is 0 Å². The fraction of sp³-hybridized carbons (Fsp3) is 0.267. The lowest BCUT2D eigenvalue weighted by molar-refractivity contribution is -0.385. The molecule has 0 aliphatic rings. The van der Waals surface area contributed by atoms with Crippen LogP contribution in [-0.4, -0.2) is 27.3 Å². The Kier molecular flexibility index (Phi) is 5.86. The minimum atomic E-state index is -0.956. The van der Waals surface area contributed by atoms with Gasteiger partial charge in [0.15, 0.2) is 0 Å². The quantitative estimate of drug-likeness (QED) is 0.615. The molecule has 0 spiro atoms. The highest BCUT2D eigenvalue weighted by atomic mass is 35.5. The van der Waals surface area contributed by atoms with Gasteiger partial charge in [0.2, 0.25) is 0 Å². The molecule has 122 valence electrons. The molecule has 0 aliphatic carbocycles. The van der Waals surface area contributed by atoms with Crippen LogP contribution < -0.4 is 5.56 Å². The smallest absolute Gasteiger partial charge is 0.285 e. The molecule has 0 fully saturated rings. The second kappa shape index (κ2) is 7.87. The van der Waals surface area contributed by atoms with Gasteiger partial charge in [-0.3, -0.25) is 14.9 Å². The van der Waals surface area contributed by atoms with E-state index in [4.69, 9.17) is 16.3 Å². The van der Waals surface area contributed by atoms with E-state index in [2.05, 4.69) is 0 Å². The second-order valence-corrected chi connectivity index (χ2v) is 5.37. The van der Waals surface area contributed by atoms with Crippen molar-refractivity contribution in [2.24, 2.45) is 0 Å². The van der Waals surface area contributed by atoms with Gasteiger partial charge in [0.1, 0.15) is 0 Å². The van der Waals surface area contributed by atoms with Gasteiger partial charge in [-0.1, -0.05) is 23.7 Å². The average molecular weight is 339 g/mol. The molecule has 1 unspecified atom stereocenters. The highest BCUT2D eigenvalue weighted by Gasteiger charge is 2.11. The molecule has 1 N–H and O–H groups in total. The van der Waals surface area contributed by atoms with Crippen molar-refractivity contribution < 1.29 is 14.8 Å². The molecule has 2 aromatic rings. The third-order valence-corrected chi connectivity index (χ3v) is 3.33. The molecular weight excluding hydrogens is 324 g/mol. The van der Waals surface area contributed by atoms with Crippen molar-refractivity contribution in [2.75, 3.05) is 6.61 Å². The summed E-state index contributed by atoms with van der Waals surface area (Å²) < 4.78 is 6.46. The van der Waals surface area contributed by atoms with Crippen molar-refractivity contribution in [2.45, 2.75) is 19.3 Å². The second-order valence-electron chi connectivity index (χ2n) is 4.93. The molecule has 7 nitrogen and oxygen atoms in total. The summed E-state index contributed by atoms with van der Waals surface area (Å²) in [6.07, 6.45) is 0.145. The number of halogens is 1.